The van der Waals surface area contributed by atoms with Gasteiger partial charge in [-0.25, -0.2) is 0 Å². The Kier molecular flexibility index (Phi) is 3.98. The van der Waals surface area contributed by atoms with Crippen molar-refractivity contribution in [2.45, 2.75) is 13.3 Å². The molecule has 0 aliphatic carbocycles. The summed E-state index contributed by atoms with van der Waals surface area (Å²) in [5.74, 6) is -0.0577. The van der Waals surface area contributed by atoms with Crippen molar-refractivity contribution >= 4 is 26.2 Å². The third-order valence-electron chi connectivity index (χ3n) is 2.17. The van der Waals surface area contributed by atoms with E-state index >= 15 is 0 Å². The van der Waals surface area contributed by atoms with Crippen molar-refractivity contribution in [1.82, 2.24) is 5.32 Å². The van der Waals surface area contributed by atoms with Crippen LogP contribution in [-0.4, -0.2) is 18.7 Å². The first-order valence-electron chi connectivity index (χ1n) is 4.75. The number of hydrogen-bond acceptors (Lipinski definition) is 2. The molecule has 3 nitrogen and oxygen atoms in total. The second kappa shape index (κ2) is 5.04. The minimum Gasteiger partial charge on any atom is -0.355 e. The molecule has 0 aliphatic rings. The van der Waals surface area contributed by atoms with Crippen LogP contribution >= 0.6 is 9.24 Å². The Labute approximate surface area is 91.5 Å². The van der Waals surface area contributed by atoms with Crippen LogP contribution in [0.3, 0.4) is 0 Å². The third-order valence-corrected chi connectivity index (χ3v) is 2.64. The summed E-state index contributed by atoms with van der Waals surface area (Å²) >= 11 is 0. The highest BCUT2D eigenvalue weighted by Crippen LogP contribution is 2.07. The first-order chi connectivity index (χ1) is 7.10. The van der Waals surface area contributed by atoms with Gasteiger partial charge in [0.2, 0.25) is 0 Å². The van der Waals surface area contributed by atoms with Crippen LogP contribution < -0.4 is 10.6 Å². The number of amides is 1. The van der Waals surface area contributed by atoms with Gasteiger partial charge in [0.25, 0.3) is 5.91 Å². The van der Waals surface area contributed by atoms with Gasteiger partial charge in [-0.15, -0.1) is 9.24 Å². The SMILES string of the molecule is CCC(=O)c1ccc(C(=O)NC)c(P)c1. The molecule has 1 amide bonds. The van der Waals surface area contributed by atoms with Crippen molar-refractivity contribution in [3.8, 4) is 0 Å². The van der Waals surface area contributed by atoms with E-state index < -0.39 is 0 Å². The van der Waals surface area contributed by atoms with Crippen LogP contribution in [0.1, 0.15) is 34.1 Å². The number of hydrogen-bond donors (Lipinski definition) is 1. The van der Waals surface area contributed by atoms with Gasteiger partial charge in [0.1, 0.15) is 0 Å². The molecule has 1 aromatic rings. The predicted octanol–water partition coefficient (Wildman–Crippen LogP) is 1.14. The molecular weight excluding hydrogens is 209 g/mol. The van der Waals surface area contributed by atoms with Crippen LogP contribution in [0.4, 0.5) is 0 Å². The highest BCUT2D eigenvalue weighted by molar-refractivity contribution is 7.27. The zero-order valence-corrected chi connectivity index (χ0v) is 9.99. The Morgan fingerprint density at radius 3 is 2.53 bits per heavy atom. The molecule has 0 radical (unpaired) electrons. The Bertz CT molecular complexity index is 402. The second-order valence-electron chi connectivity index (χ2n) is 3.16. The second-order valence-corrected chi connectivity index (χ2v) is 3.78. The van der Waals surface area contributed by atoms with Gasteiger partial charge < -0.3 is 5.32 Å². The predicted molar refractivity (Wildman–Crippen MR) is 63.8 cm³/mol. The maximum absolute atomic E-state index is 11.4. The summed E-state index contributed by atoms with van der Waals surface area (Å²) in [7, 11) is 4.05. The number of carbonyl (C=O) groups is 2. The number of benzene rings is 1. The maximum Gasteiger partial charge on any atom is 0.251 e. The average Bonchev–Trinajstić information content (AvgIpc) is 2.26. The van der Waals surface area contributed by atoms with Crippen LogP contribution in [0.5, 0.6) is 0 Å². The number of carbonyl (C=O) groups excluding carboxylic acids is 2. The van der Waals surface area contributed by atoms with E-state index in [1.165, 1.54) is 0 Å². The van der Waals surface area contributed by atoms with E-state index in [0.29, 0.717) is 17.5 Å². The van der Waals surface area contributed by atoms with Crippen molar-refractivity contribution < 1.29 is 9.59 Å². The fraction of sp³-hybridized carbons (Fsp3) is 0.273. The zero-order valence-electron chi connectivity index (χ0n) is 8.83. The van der Waals surface area contributed by atoms with E-state index in [9.17, 15) is 9.59 Å². The van der Waals surface area contributed by atoms with Crippen LogP contribution in [0.15, 0.2) is 18.2 Å². The minimum absolute atomic E-state index is 0.0853. The molecule has 1 rings (SSSR count). The lowest BCUT2D eigenvalue weighted by Gasteiger charge is -2.05. The molecule has 0 bridgehead atoms. The topological polar surface area (TPSA) is 46.2 Å². The molecule has 80 valence electrons. The van der Waals surface area contributed by atoms with Gasteiger partial charge in [0.15, 0.2) is 5.78 Å². The van der Waals surface area contributed by atoms with Gasteiger partial charge in [-0.1, -0.05) is 13.0 Å². The Morgan fingerprint density at radius 1 is 1.40 bits per heavy atom. The number of Topliss-reactive ketones (excluding diaryl/α,β-unsaturated/α-hetero) is 1. The van der Waals surface area contributed by atoms with Gasteiger partial charge in [-0.05, 0) is 17.4 Å². The lowest BCUT2D eigenvalue weighted by molar-refractivity contribution is 0.0960. The van der Waals surface area contributed by atoms with E-state index in [2.05, 4.69) is 14.6 Å². The van der Waals surface area contributed by atoms with Gasteiger partial charge in [-0.2, -0.15) is 0 Å². The van der Waals surface area contributed by atoms with Crippen molar-refractivity contribution in [2.24, 2.45) is 0 Å². The van der Waals surface area contributed by atoms with Crippen molar-refractivity contribution in [3.63, 3.8) is 0 Å². The largest absolute Gasteiger partial charge is 0.355 e. The quantitative estimate of drug-likeness (QED) is 0.617. The van der Waals surface area contributed by atoms with E-state index in [0.717, 1.165) is 5.30 Å². The van der Waals surface area contributed by atoms with Crippen molar-refractivity contribution in [1.29, 1.82) is 0 Å². The summed E-state index contributed by atoms with van der Waals surface area (Å²) in [4.78, 5) is 22.8. The number of rotatable bonds is 3. The van der Waals surface area contributed by atoms with Crippen molar-refractivity contribution in [3.05, 3.63) is 29.3 Å². The molecule has 15 heavy (non-hydrogen) atoms. The van der Waals surface area contributed by atoms with Gasteiger partial charge in [0, 0.05) is 24.6 Å². The molecule has 1 unspecified atom stereocenters. The zero-order chi connectivity index (χ0) is 11.4. The fourth-order valence-corrected chi connectivity index (χ4v) is 1.69. The highest BCUT2D eigenvalue weighted by atomic mass is 31.0. The van der Waals surface area contributed by atoms with Crippen LogP contribution in [0, 0.1) is 0 Å². The molecule has 0 spiro atoms. The third kappa shape index (κ3) is 2.63. The molecule has 4 heteroatoms. The fourth-order valence-electron chi connectivity index (χ4n) is 1.28. The first kappa shape index (κ1) is 11.9. The summed E-state index contributed by atoms with van der Waals surface area (Å²) in [5, 5.41) is 3.29. The van der Waals surface area contributed by atoms with Gasteiger partial charge in [0.05, 0.1) is 0 Å². The molecule has 0 fully saturated rings. The normalized spacial score (nSPS) is 9.80. The van der Waals surface area contributed by atoms with E-state index in [-0.39, 0.29) is 11.7 Å². The van der Waals surface area contributed by atoms with Crippen LogP contribution in [-0.2, 0) is 0 Å². The first-order valence-corrected chi connectivity index (χ1v) is 5.32. The number of ketones is 1. The molecule has 0 aromatic heterocycles. The molecule has 0 aliphatic heterocycles. The minimum atomic E-state index is -0.143. The van der Waals surface area contributed by atoms with E-state index in [1.54, 1.807) is 25.2 Å². The van der Waals surface area contributed by atoms with Crippen molar-refractivity contribution in [2.75, 3.05) is 7.05 Å². The Hall–Kier alpha value is -1.21. The highest BCUT2D eigenvalue weighted by Gasteiger charge is 2.09. The molecule has 0 heterocycles. The molecule has 0 saturated heterocycles. The summed E-state index contributed by atoms with van der Waals surface area (Å²) in [6, 6.07) is 5.08. The Balaban J connectivity index is 3.08. The molecular formula is C11H14NO2P. The standard InChI is InChI=1S/C11H14NO2P/c1-3-9(13)7-4-5-8(10(15)6-7)11(14)12-2/h4-6H,3,15H2,1-2H3,(H,12,14). The van der Waals surface area contributed by atoms with E-state index in [4.69, 9.17) is 0 Å². The summed E-state index contributed by atoms with van der Waals surface area (Å²) in [6.45, 7) is 1.82. The smallest absolute Gasteiger partial charge is 0.251 e. The Morgan fingerprint density at radius 2 is 2.07 bits per heavy atom. The molecule has 0 saturated carbocycles. The maximum atomic E-state index is 11.4. The van der Waals surface area contributed by atoms with Crippen LogP contribution in [0.25, 0.3) is 0 Å². The van der Waals surface area contributed by atoms with Crippen LogP contribution in [0.2, 0.25) is 0 Å². The van der Waals surface area contributed by atoms with Gasteiger partial charge in [-0.3, -0.25) is 9.59 Å². The van der Waals surface area contributed by atoms with E-state index in [1.807, 2.05) is 6.92 Å². The molecule has 1 N–H and O–H groups in total. The summed E-state index contributed by atoms with van der Waals surface area (Å²) in [5.41, 5.74) is 1.23. The summed E-state index contributed by atoms with van der Waals surface area (Å²) in [6.07, 6.45) is 0.476. The van der Waals surface area contributed by atoms with Gasteiger partial charge >= 0.3 is 0 Å². The number of nitrogens with one attached hydrogen (secondary N) is 1. The molecule has 1 aromatic carbocycles. The summed E-state index contributed by atoms with van der Waals surface area (Å²) < 4.78 is 0. The lowest BCUT2D eigenvalue weighted by Crippen LogP contribution is -2.23. The average molecular weight is 223 g/mol. The molecule has 1 atom stereocenters. The lowest BCUT2D eigenvalue weighted by atomic mass is 10.1. The monoisotopic (exact) mass is 223 g/mol.